The second-order valence-electron chi connectivity index (χ2n) is 4.48. The molecule has 1 aromatic heterocycles. The van der Waals surface area contributed by atoms with E-state index in [-0.39, 0.29) is 10.7 Å². The molecule has 0 fully saturated rings. The molecule has 1 rings (SSSR count). The number of likely N-dealkylation sites (N-methyl/N-ethyl adjacent to an activating group) is 1. The summed E-state index contributed by atoms with van der Waals surface area (Å²) in [6.45, 7) is 4.76. The zero-order chi connectivity index (χ0) is 12.8. The summed E-state index contributed by atoms with van der Waals surface area (Å²) in [6, 6.07) is 5.84. The predicted octanol–water partition coefficient (Wildman–Crippen LogP) is 2.50. The number of halogens is 1. The molecule has 17 heavy (non-hydrogen) atoms. The van der Waals surface area contributed by atoms with E-state index in [1.54, 1.807) is 11.1 Å². The van der Waals surface area contributed by atoms with Crippen molar-refractivity contribution in [2.45, 2.75) is 25.1 Å². The Kier molecular flexibility index (Phi) is 5.62. The number of hydrogen-bond donors (Lipinski definition) is 0. The fraction of sp³-hybridized carbons (Fsp3) is 0.538. The second kappa shape index (κ2) is 6.74. The molecule has 4 heteroatoms. The third-order valence-corrected chi connectivity index (χ3v) is 4.08. The maximum Gasteiger partial charge on any atom is 0.236 e. The van der Waals surface area contributed by atoms with E-state index in [0.29, 0.717) is 12.5 Å². The number of aromatic nitrogens is 1. The summed E-state index contributed by atoms with van der Waals surface area (Å²) in [7, 11) is 1.84. The number of carbonyl (C=O) groups excluding carboxylic acids is 1. The number of rotatable bonds is 5. The van der Waals surface area contributed by atoms with Crippen LogP contribution in [-0.4, -0.2) is 34.2 Å². The van der Waals surface area contributed by atoms with Crippen LogP contribution in [0, 0.1) is 5.92 Å². The van der Waals surface area contributed by atoms with E-state index in [0.717, 1.165) is 12.1 Å². The van der Waals surface area contributed by atoms with E-state index < -0.39 is 0 Å². The molecule has 0 bridgehead atoms. The van der Waals surface area contributed by atoms with Crippen LogP contribution < -0.4 is 0 Å². The van der Waals surface area contributed by atoms with Gasteiger partial charge in [0.15, 0.2) is 0 Å². The van der Waals surface area contributed by atoms with Crippen molar-refractivity contribution in [3.63, 3.8) is 0 Å². The van der Waals surface area contributed by atoms with Crippen molar-refractivity contribution in [3.8, 4) is 0 Å². The number of alkyl halides is 1. The largest absolute Gasteiger partial charge is 0.344 e. The highest BCUT2D eigenvalue weighted by Crippen LogP contribution is 2.14. The third kappa shape index (κ3) is 4.46. The first-order valence-electron chi connectivity index (χ1n) is 5.81. The first-order chi connectivity index (χ1) is 8.02. The minimum absolute atomic E-state index is 0.101. The van der Waals surface area contributed by atoms with E-state index in [1.807, 2.05) is 39.1 Å². The van der Waals surface area contributed by atoms with Crippen molar-refractivity contribution >= 4 is 21.8 Å². The van der Waals surface area contributed by atoms with E-state index in [9.17, 15) is 4.79 Å². The molecule has 0 N–H and O–H groups in total. The number of pyridine rings is 1. The Morgan fingerprint density at radius 1 is 1.47 bits per heavy atom. The van der Waals surface area contributed by atoms with Gasteiger partial charge in [0.05, 0.1) is 4.83 Å². The lowest BCUT2D eigenvalue weighted by Crippen LogP contribution is -2.37. The van der Waals surface area contributed by atoms with Gasteiger partial charge in [-0.05, 0) is 18.1 Å². The molecule has 0 aliphatic rings. The maximum absolute atomic E-state index is 12.0. The topological polar surface area (TPSA) is 33.2 Å². The molecular formula is C13H19BrN2O. The fourth-order valence-electron chi connectivity index (χ4n) is 1.43. The summed E-state index contributed by atoms with van der Waals surface area (Å²) in [5.74, 6) is 0.440. The lowest BCUT2D eigenvalue weighted by atomic mass is 10.1. The Bertz CT molecular complexity index is 354. The van der Waals surface area contributed by atoms with E-state index in [2.05, 4.69) is 20.9 Å². The van der Waals surface area contributed by atoms with Gasteiger partial charge in [0.2, 0.25) is 5.91 Å². The van der Waals surface area contributed by atoms with Crippen molar-refractivity contribution in [3.05, 3.63) is 30.1 Å². The molecule has 1 amide bonds. The Labute approximate surface area is 111 Å². The number of carbonyl (C=O) groups is 1. The van der Waals surface area contributed by atoms with Gasteiger partial charge in [0.25, 0.3) is 0 Å². The molecule has 1 atom stereocenters. The summed E-state index contributed by atoms with van der Waals surface area (Å²) in [4.78, 5) is 17.9. The predicted molar refractivity (Wildman–Crippen MR) is 73.1 cm³/mol. The van der Waals surface area contributed by atoms with Crippen LogP contribution in [0.4, 0.5) is 0 Å². The molecule has 0 spiro atoms. The van der Waals surface area contributed by atoms with Gasteiger partial charge in [-0.15, -0.1) is 0 Å². The summed E-state index contributed by atoms with van der Waals surface area (Å²) in [6.07, 6.45) is 2.57. The fourth-order valence-corrected chi connectivity index (χ4v) is 1.78. The van der Waals surface area contributed by atoms with Gasteiger partial charge in [-0.2, -0.15) is 0 Å². The molecule has 3 nitrogen and oxygen atoms in total. The maximum atomic E-state index is 12.0. The minimum atomic E-state index is -0.101. The van der Waals surface area contributed by atoms with Crippen molar-refractivity contribution in [1.82, 2.24) is 9.88 Å². The molecule has 1 heterocycles. The Morgan fingerprint density at radius 2 is 2.18 bits per heavy atom. The standard InChI is InChI=1S/C13H19BrN2O/c1-10(2)12(14)13(17)16(3)9-7-11-6-4-5-8-15-11/h4-6,8,10,12H,7,9H2,1-3H3. The lowest BCUT2D eigenvalue weighted by Gasteiger charge is -2.22. The quantitative estimate of drug-likeness (QED) is 0.783. The number of amides is 1. The van der Waals surface area contributed by atoms with Crippen LogP contribution >= 0.6 is 15.9 Å². The van der Waals surface area contributed by atoms with Gasteiger partial charge in [0, 0.05) is 31.9 Å². The smallest absolute Gasteiger partial charge is 0.236 e. The Morgan fingerprint density at radius 3 is 2.71 bits per heavy atom. The van der Waals surface area contributed by atoms with Gasteiger partial charge >= 0.3 is 0 Å². The molecule has 0 saturated heterocycles. The molecule has 0 saturated carbocycles. The summed E-state index contributed by atoms with van der Waals surface area (Å²) < 4.78 is 0. The molecular weight excluding hydrogens is 280 g/mol. The number of hydrogen-bond acceptors (Lipinski definition) is 2. The summed E-state index contributed by atoms with van der Waals surface area (Å²) in [5.41, 5.74) is 1.02. The van der Waals surface area contributed by atoms with Gasteiger partial charge < -0.3 is 4.90 Å². The van der Waals surface area contributed by atoms with Crippen LogP contribution in [0.25, 0.3) is 0 Å². The SMILES string of the molecule is CC(C)C(Br)C(=O)N(C)CCc1ccccn1. The molecule has 0 aliphatic carbocycles. The highest BCUT2D eigenvalue weighted by atomic mass is 79.9. The van der Waals surface area contributed by atoms with Gasteiger partial charge in [0.1, 0.15) is 0 Å². The van der Waals surface area contributed by atoms with Crippen molar-refractivity contribution in [1.29, 1.82) is 0 Å². The van der Waals surface area contributed by atoms with Crippen molar-refractivity contribution in [2.75, 3.05) is 13.6 Å². The van der Waals surface area contributed by atoms with Crippen LogP contribution in [0.5, 0.6) is 0 Å². The summed E-state index contributed by atoms with van der Waals surface area (Å²) >= 11 is 3.43. The highest BCUT2D eigenvalue weighted by molar-refractivity contribution is 9.10. The second-order valence-corrected chi connectivity index (χ2v) is 5.46. The van der Waals surface area contributed by atoms with Crippen LogP contribution in [0.1, 0.15) is 19.5 Å². The average Bonchev–Trinajstić information content (AvgIpc) is 2.35. The molecule has 1 aromatic rings. The zero-order valence-corrected chi connectivity index (χ0v) is 12.1. The minimum Gasteiger partial charge on any atom is -0.344 e. The summed E-state index contributed by atoms with van der Waals surface area (Å²) in [5, 5.41) is 0. The van der Waals surface area contributed by atoms with Crippen LogP contribution in [0.3, 0.4) is 0 Å². The van der Waals surface area contributed by atoms with Crippen LogP contribution in [0.2, 0.25) is 0 Å². The van der Waals surface area contributed by atoms with Crippen LogP contribution in [0.15, 0.2) is 24.4 Å². The highest BCUT2D eigenvalue weighted by Gasteiger charge is 2.21. The zero-order valence-electron chi connectivity index (χ0n) is 10.6. The van der Waals surface area contributed by atoms with Crippen molar-refractivity contribution < 1.29 is 4.79 Å². The Balaban J connectivity index is 2.45. The van der Waals surface area contributed by atoms with E-state index in [4.69, 9.17) is 0 Å². The molecule has 0 aromatic carbocycles. The normalized spacial score (nSPS) is 12.5. The van der Waals surface area contributed by atoms with Gasteiger partial charge in [-0.1, -0.05) is 35.8 Å². The van der Waals surface area contributed by atoms with E-state index >= 15 is 0 Å². The number of nitrogens with zero attached hydrogens (tertiary/aromatic N) is 2. The first-order valence-corrected chi connectivity index (χ1v) is 6.73. The lowest BCUT2D eigenvalue weighted by molar-refractivity contribution is -0.129. The molecule has 0 radical (unpaired) electrons. The Hall–Kier alpha value is -0.900. The van der Waals surface area contributed by atoms with E-state index in [1.165, 1.54) is 0 Å². The van der Waals surface area contributed by atoms with Gasteiger partial charge in [-0.3, -0.25) is 9.78 Å². The first kappa shape index (κ1) is 14.2. The third-order valence-electron chi connectivity index (χ3n) is 2.63. The van der Waals surface area contributed by atoms with Crippen LogP contribution in [-0.2, 0) is 11.2 Å². The van der Waals surface area contributed by atoms with Gasteiger partial charge in [-0.25, -0.2) is 0 Å². The van der Waals surface area contributed by atoms with Crippen molar-refractivity contribution in [2.24, 2.45) is 5.92 Å². The molecule has 94 valence electrons. The molecule has 0 aliphatic heterocycles. The monoisotopic (exact) mass is 298 g/mol. The average molecular weight is 299 g/mol. The molecule has 1 unspecified atom stereocenters.